The first kappa shape index (κ1) is 17.3. The molecule has 1 saturated heterocycles. The molecule has 2 aromatic heterocycles. The molecule has 0 N–H and O–H groups in total. The minimum absolute atomic E-state index is 0.662. The van der Waals surface area contributed by atoms with Crippen molar-refractivity contribution in [2.75, 3.05) is 36.0 Å². The molecular formula is C22H21ClN4O. The molecule has 5 nitrogen and oxygen atoms in total. The van der Waals surface area contributed by atoms with Gasteiger partial charge in [-0.2, -0.15) is 4.98 Å². The fraction of sp³-hybridized carbons (Fsp3) is 0.273. The second-order valence-electron chi connectivity index (χ2n) is 7.35. The molecule has 1 aliphatic rings. The number of fused-ring (bicyclic) bond motifs is 2. The van der Waals surface area contributed by atoms with Crippen molar-refractivity contribution >= 4 is 45.4 Å². The number of hydrogen-bond acceptors (Lipinski definition) is 5. The number of para-hydroxylation sites is 1. The predicted molar refractivity (Wildman–Crippen MR) is 115 cm³/mol. The number of rotatable bonds is 2. The third-order valence-corrected chi connectivity index (χ3v) is 5.68. The largest absolute Gasteiger partial charge is 0.423 e. The van der Waals surface area contributed by atoms with Gasteiger partial charge in [-0.15, -0.1) is 0 Å². The number of oxazole rings is 1. The smallest absolute Gasteiger partial charge is 0.298 e. The Kier molecular flexibility index (Phi) is 4.13. The fourth-order valence-electron chi connectivity index (χ4n) is 3.86. The van der Waals surface area contributed by atoms with Crippen molar-refractivity contribution in [3.8, 4) is 0 Å². The van der Waals surface area contributed by atoms with Gasteiger partial charge in [0.25, 0.3) is 6.01 Å². The maximum Gasteiger partial charge on any atom is 0.298 e. The predicted octanol–water partition coefficient (Wildman–Crippen LogP) is 4.97. The monoisotopic (exact) mass is 392 g/mol. The molecule has 0 aliphatic carbocycles. The number of aromatic nitrogens is 2. The molecule has 0 radical (unpaired) electrons. The van der Waals surface area contributed by atoms with E-state index in [1.165, 1.54) is 16.5 Å². The highest BCUT2D eigenvalue weighted by atomic mass is 35.5. The van der Waals surface area contributed by atoms with E-state index in [0.717, 1.165) is 48.6 Å². The number of piperazine rings is 1. The second-order valence-corrected chi connectivity index (χ2v) is 7.79. The Morgan fingerprint density at radius 3 is 2.50 bits per heavy atom. The van der Waals surface area contributed by atoms with E-state index in [0.29, 0.717) is 11.0 Å². The molecule has 1 fully saturated rings. The van der Waals surface area contributed by atoms with Crippen LogP contribution in [0.4, 0.5) is 11.8 Å². The highest BCUT2D eigenvalue weighted by Crippen LogP contribution is 2.28. The van der Waals surface area contributed by atoms with E-state index in [1.54, 1.807) is 0 Å². The number of aryl methyl sites for hydroxylation is 2. The zero-order valence-corrected chi connectivity index (χ0v) is 16.7. The van der Waals surface area contributed by atoms with E-state index in [2.05, 4.69) is 52.9 Å². The molecule has 2 aromatic carbocycles. The summed E-state index contributed by atoms with van der Waals surface area (Å²) in [6.07, 6.45) is 0. The maximum atomic E-state index is 6.06. The fourth-order valence-corrected chi connectivity index (χ4v) is 4.02. The summed E-state index contributed by atoms with van der Waals surface area (Å²) in [5.41, 5.74) is 5.14. The Morgan fingerprint density at radius 1 is 0.893 bits per heavy atom. The normalized spacial score (nSPS) is 15.0. The number of hydrogen-bond donors (Lipinski definition) is 0. The van der Waals surface area contributed by atoms with Gasteiger partial charge in [0.15, 0.2) is 5.58 Å². The van der Waals surface area contributed by atoms with Crippen LogP contribution < -0.4 is 9.80 Å². The standard InChI is InChI=1S/C22H21ClN4O/c1-14-4-3-5-17-15(2)12-20(25-21(14)17)26-8-10-27(11-9-26)22-24-18-13-16(23)6-7-19(18)28-22/h3-7,12-13H,8-11H2,1-2H3. The number of benzene rings is 2. The molecule has 0 saturated carbocycles. The van der Waals surface area contributed by atoms with Crippen molar-refractivity contribution < 1.29 is 4.42 Å². The Morgan fingerprint density at radius 2 is 1.68 bits per heavy atom. The van der Waals surface area contributed by atoms with Crippen LogP contribution in [0.5, 0.6) is 0 Å². The van der Waals surface area contributed by atoms with Gasteiger partial charge in [0, 0.05) is 36.6 Å². The zero-order valence-electron chi connectivity index (χ0n) is 15.9. The SMILES string of the molecule is Cc1cc(N2CCN(c3nc4cc(Cl)ccc4o3)CC2)nc2c(C)cccc12. The highest BCUT2D eigenvalue weighted by Gasteiger charge is 2.22. The average molecular weight is 393 g/mol. The topological polar surface area (TPSA) is 45.4 Å². The van der Waals surface area contributed by atoms with Crippen LogP contribution in [-0.2, 0) is 0 Å². The molecule has 28 heavy (non-hydrogen) atoms. The van der Waals surface area contributed by atoms with E-state index in [1.807, 2.05) is 18.2 Å². The molecule has 6 heteroatoms. The molecule has 5 rings (SSSR count). The van der Waals surface area contributed by atoms with Gasteiger partial charge < -0.3 is 14.2 Å². The van der Waals surface area contributed by atoms with Crippen molar-refractivity contribution in [2.24, 2.45) is 0 Å². The lowest BCUT2D eigenvalue weighted by molar-refractivity contribution is 0.540. The van der Waals surface area contributed by atoms with Crippen LogP contribution in [0.3, 0.4) is 0 Å². The Bertz CT molecular complexity index is 1180. The van der Waals surface area contributed by atoms with Gasteiger partial charge in [-0.05, 0) is 49.2 Å². The quantitative estimate of drug-likeness (QED) is 0.481. The van der Waals surface area contributed by atoms with Crippen LogP contribution in [0.25, 0.3) is 22.0 Å². The van der Waals surface area contributed by atoms with Gasteiger partial charge >= 0.3 is 0 Å². The highest BCUT2D eigenvalue weighted by molar-refractivity contribution is 6.31. The van der Waals surface area contributed by atoms with Crippen molar-refractivity contribution in [2.45, 2.75) is 13.8 Å². The maximum absolute atomic E-state index is 6.06. The molecule has 0 amide bonds. The van der Waals surface area contributed by atoms with E-state index >= 15 is 0 Å². The molecule has 0 spiro atoms. The third-order valence-electron chi connectivity index (χ3n) is 5.45. The first-order chi connectivity index (χ1) is 13.6. The van der Waals surface area contributed by atoms with E-state index in [-0.39, 0.29) is 0 Å². The second kappa shape index (κ2) is 6.67. The number of pyridine rings is 1. The summed E-state index contributed by atoms with van der Waals surface area (Å²) in [4.78, 5) is 14.1. The zero-order chi connectivity index (χ0) is 19.3. The van der Waals surface area contributed by atoms with Crippen LogP contribution in [0.15, 0.2) is 46.9 Å². The van der Waals surface area contributed by atoms with Gasteiger partial charge in [0.05, 0.1) is 5.52 Å². The van der Waals surface area contributed by atoms with Crippen LogP contribution in [0.2, 0.25) is 5.02 Å². The summed E-state index contributed by atoms with van der Waals surface area (Å²) in [7, 11) is 0. The summed E-state index contributed by atoms with van der Waals surface area (Å²) in [5, 5.41) is 1.90. The average Bonchev–Trinajstić information content (AvgIpc) is 3.12. The molecule has 0 atom stereocenters. The van der Waals surface area contributed by atoms with Crippen LogP contribution in [-0.4, -0.2) is 36.1 Å². The summed E-state index contributed by atoms with van der Waals surface area (Å²) in [6, 6.07) is 14.8. The summed E-state index contributed by atoms with van der Waals surface area (Å²) in [6.45, 7) is 7.72. The lowest BCUT2D eigenvalue weighted by atomic mass is 10.1. The Labute approximate surface area is 168 Å². The molecule has 1 aliphatic heterocycles. The Balaban J connectivity index is 1.38. The minimum atomic E-state index is 0.662. The van der Waals surface area contributed by atoms with E-state index < -0.39 is 0 Å². The van der Waals surface area contributed by atoms with Crippen LogP contribution >= 0.6 is 11.6 Å². The number of halogens is 1. The third kappa shape index (κ3) is 2.96. The first-order valence-electron chi connectivity index (χ1n) is 9.51. The number of anilines is 2. The molecule has 142 valence electrons. The minimum Gasteiger partial charge on any atom is -0.423 e. The lowest BCUT2D eigenvalue weighted by Crippen LogP contribution is -2.47. The van der Waals surface area contributed by atoms with Gasteiger partial charge in [0.2, 0.25) is 0 Å². The first-order valence-corrected chi connectivity index (χ1v) is 9.89. The van der Waals surface area contributed by atoms with Crippen molar-refractivity contribution in [3.05, 3.63) is 58.6 Å². The number of nitrogens with zero attached hydrogens (tertiary/aromatic N) is 4. The molecule has 3 heterocycles. The van der Waals surface area contributed by atoms with Crippen molar-refractivity contribution in [3.63, 3.8) is 0 Å². The molecular weight excluding hydrogens is 372 g/mol. The van der Waals surface area contributed by atoms with Crippen LogP contribution in [0, 0.1) is 13.8 Å². The van der Waals surface area contributed by atoms with Gasteiger partial charge in [-0.1, -0.05) is 29.8 Å². The van der Waals surface area contributed by atoms with Gasteiger partial charge in [-0.25, -0.2) is 4.98 Å². The molecule has 0 bridgehead atoms. The van der Waals surface area contributed by atoms with Crippen LogP contribution in [0.1, 0.15) is 11.1 Å². The summed E-state index contributed by atoms with van der Waals surface area (Å²) >= 11 is 6.06. The van der Waals surface area contributed by atoms with Gasteiger partial charge in [-0.3, -0.25) is 0 Å². The summed E-state index contributed by atoms with van der Waals surface area (Å²) in [5.74, 6) is 1.04. The van der Waals surface area contributed by atoms with Gasteiger partial charge in [0.1, 0.15) is 11.3 Å². The summed E-state index contributed by atoms with van der Waals surface area (Å²) < 4.78 is 5.92. The Hall–Kier alpha value is -2.79. The molecule has 4 aromatic rings. The lowest BCUT2D eigenvalue weighted by Gasteiger charge is -2.34. The molecule has 0 unspecified atom stereocenters. The van der Waals surface area contributed by atoms with Crippen molar-refractivity contribution in [1.82, 2.24) is 9.97 Å². The van der Waals surface area contributed by atoms with E-state index in [9.17, 15) is 0 Å². The van der Waals surface area contributed by atoms with E-state index in [4.69, 9.17) is 21.0 Å². The van der Waals surface area contributed by atoms with Crippen molar-refractivity contribution in [1.29, 1.82) is 0 Å².